The molecular formula is C22H23BrN6O2. The van der Waals surface area contributed by atoms with E-state index in [1.165, 1.54) is 5.56 Å². The summed E-state index contributed by atoms with van der Waals surface area (Å²) in [4.78, 5) is 13.4. The molecule has 0 radical (unpaired) electrons. The van der Waals surface area contributed by atoms with Crippen molar-refractivity contribution in [3.05, 3.63) is 58.8 Å². The van der Waals surface area contributed by atoms with Crippen molar-refractivity contribution in [1.29, 1.82) is 0 Å². The van der Waals surface area contributed by atoms with Crippen LogP contribution in [0.2, 0.25) is 0 Å². The summed E-state index contributed by atoms with van der Waals surface area (Å²) in [5.74, 6) is 3.04. The minimum Gasteiger partial charge on any atom is -0.454 e. The number of nitrogens with zero attached hydrogens (tertiary/aromatic N) is 4. The van der Waals surface area contributed by atoms with E-state index in [-0.39, 0.29) is 0 Å². The molecule has 0 saturated carbocycles. The fraction of sp³-hybridized carbons (Fsp3) is 0.273. The molecule has 0 spiro atoms. The second-order valence-electron chi connectivity index (χ2n) is 7.54. The molecule has 1 saturated heterocycles. The van der Waals surface area contributed by atoms with Crippen LogP contribution in [0.25, 0.3) is 0 Å². The SMILES string of the molecule is Nc1c(Nc2ccc(Br)cc2)ncnc1N1CCN(Cc2ccc3c(c2)OCO3)CC1. The molecule has 0 unspecified atom stereocenters. The van der Waals surface area contributed by atoms with Gasteiger partial charge in [0.2, 0.25) is 6.79 Å². The van der Waals surface area contributed by atoms with Gasteiger partial charge in [-0.05, 0) is 42.0 Å². The Bertz CT molecular complexity index is 1070. The maximum Gasteiger partial charge on any atom is 0.231 e. The molecule has 1 fully saturated rings. The van der Waals surface area contributed by atoms with Crippen molar-refractivity contribution in [2.45, 2.75) is 6.54 Å². The lowest BCUT2D eigenvalue weighted by molar-refractivity contribution is 0.174. The van der Waals surface area contributed by atoms with E-state index in [1.807, 2.05) is 30.3 Å². The lowest BCUT2D eigenvalue weighted by Gasteiger charge is -2.36. The molecule has 3 aromatic rings. The number of halogens is 1. The van der Waals surface area contributed by atoms with Gasteiger partial charge in [-0.25, -0.2) is 9.97 Å². The number of benzene rings is 2. The van der Waals surface area contributed by atoms with E-state index in [9.17, 15) is 0 Å². The average molecular weight is 483 g/mol. The van der Waals surface area contributed by atoms with Gasteiger partial charge in [0.05, 0.1) is 0 Å². The first-order valence-corrected chi connectivity index (χ1v) is 10.9. The minimum atomic E-state index is 0.302. The van der Waals surface area contributed by atoms with Crippen molar-refractivity contribution in [3.8, 4) is 11.5 Å². The Hall–Kier alpha value is -3.04. The molecule has 8 nitrogen and oxygen atoms in total. The van der Waals surface area contributed by atoms with Crippen molar-refractivity contribution in [2.24, 2.45) is 0 Å². The smallest absolute Gasteiger partial charge is 0.231 e. The molecule has 31 heavy (non-hydrogen) atoms. The van der Waals surface area contributed by atoms with Gasteiger partial charge in [-0.15, -0.1) is 0 Å². The van der Waals surface area contributed by atoms with E-state index in [0.717, 1.165) is 60.2 Å². The molecule has 0 aliphatic carbocycles. The first-order chi connectivity index (χ1) is 15.2. The van der Waals surface area contributed by atoms with Gasteiger partial charge in [0.25, 0.3) is 0 Å². The average Bonchev–Trinajstić information content (AvgIpc) is 3.25. The Kier molecular flexibility index (Phi) is 5.52. The summed E-state index contributed by atoms with van der Waals surface area (Å²) in [5.41, 5.74) is 9.14. The molecule has 160 valence electrons. The third-order valence-electron chi connectivity index (χ3n) is 5.48. The second-order valence-corrected chi connectivity index (χ2v) is 8.46. The lowest BCUT2D eigenvalue weighted by Crippen LogP contribution is -2.46. The summed E-state index contributed by atoms with van der Waals surface area (Å²) in [6.07, 6.45) is 1.56. The van der Waals surface area contributed by atoms with Crippen LogP contribution in [0, 0.1) is 0 Å². The first kappa shape index (κ1) is 19.9. The topological polar surface area (TPSA) is 88.8 Å². The number of fused-ring (bicyclic) bond motifs is 1. The number of anilines is 4. The largest absolute Gasteiger partial charge is 0.454 e. The van der Waals surface area contributed by atoms with Gasteiger partial charge >= 0.3 is 0 Å². The van der Waals surface area contributed by atoms with Crippen LogP contribution in [0.5, 0.6) is 11.5 Å². The lowest BCUT2D eigenvalue weighted by atomic mass is 10.1. The van der Waals surface area contributed by atoms with E-state index >= 15 is 0 Å². The number of aromatic nitrogens is 2. The highest BCUT2D eigenvalue weighted by Crippen LogP contribution is 2.33. The monoisotopic (exact) mass is 482 g/mol. The molecular weight excluding hydrogens is 460 g/mol. The van der Waals surface area contributed by atoms with Gasteiger partial charge in [-0.1, -0.05) is 22.0 Å². The number of ether oxygens (including phenoxy) is 2. The Morgan fingerprint density at radius 2 is 1.74 bits per heavy atom. The summed E-state index contributed by atoms with van der Waals surface area (Å²) >= 11 is 3.45. The highest BCUT2D eigenvalue weighted by atomic mass is 79.9. The highest BCUT2D eigenvalue weighted by Gasteiger charge is 2.22. The molecule has 0 amide bonds. The summed E-state index contributed by atoms with van der Waals surface area (Å²) in [6, 6.07) is 14.0. The molecule has 3 heterocycles. The molecule has 9 heteroatoms. The third kappa shape index (κ3) is 4.38. The van der Waals surface area contributed by atoms with Crippen molar-refractivity contribution in [2.75, 3.05) is 48.9 Å². The van der Waals surface area contributed by atoms with Crippen LogP contribution in [-0.4, -0.2) is 47.8 Å². The maximum atomic E-state index is 6.42. The van der Waals surface area contributed by atoms with Crippen molar-refractivity contribution < 1.29 is 9.47 Å². The Morgan fingerprint density at radius 1 is 0.968 bits per heavy atom. The van der Waals surface area contributed by atoms with Crippen LogP contribution in [0.15, 0.2) is 53.3 Å². The van der Waals surface area contributed by atoms with Crippen LogP contribution in [-0.2, 0) is 6.54 Å². The van der Waals surface area contributed by atoms with Gasteiger partial charge in [-0.2, -0.15) is 0 Å². The Balaban J connectivity index is 1.22. The number of rotatable bonds is 5. The predicted molar refractivity (Wildman–Crippen MR) is 124 cm³/mol. The number of piperazine rings is 1. The van der Waals surface area contributed by atoms with Crippen molar-refractivity contribution in [1.82, 2.24) is 14.9 Å². The van der Waals surface area contributed by atoms with Gasteiger partial charge < -0.3 is 25.4 Å². The first-order valence-electron chi connectivity index (χ1n) is 10.1. The second kappa shape index (κ2) is 8.60. The van der Waals surface area contributed by atoms with Crippen LogP contribution in [0.3, 0.4) is 0 Å². The highest BCUT2D eigenvalue weighted by molar-refractivity contribution is 9.10. The van der Waals surface area contributed by atoms with Crippen LogP contribution >= 0.6 is 15.9 Å². The number of hydrogen-bond donors (Lipinski definition) is 2. The van der Waals surface area contributed by atoms with E-state index in [2.05, 4.69) is 53.1 Å². The van der Waals surface area contributed by atoms with Crippen LogP contribution in [0.4, 0.5) is 23.0 Å². The molecule has 0 atom stereocenters. The molecule has 5 rings (SSSR count). The Morgan fingerprint density at radius 3 is 2.55 bits per heavy atom. The van der Waals surface area contributed by atoms with Crippen molar-refractivity contribution in [3.63, 3.8) is 0 Å². The summed E-state index contributed by atoms with van der Waals surface area (Å²) in [7, 11) is 0. The minimum absolute atomic E-state index is 0.302. The standard InChI is InChI=1S/C22H23BrN6O2/c23-16-2-4-17(5-3-16)27-21-20(24)22(26-13-25-21)29-9-7-28(8-10-29)12-15-1-6-18-19(11-15)31-14-30-18/h1-6,11,13H,7-10,12,14,24H2,(H,25,26,27). The summed E-state index contributed by atoms with van der Waals surface area (Å²) in [5, 5.41) is 3.28. The number of nitrogen functional groups attached to an aromatic ring is 1. The molecule has 0 bridgehead atoms. The van der Waals surface area contributed by atoms with Gasteiger partial charge in [0.15, 0.2) is 23.1 Å². The molecule has 2 aromatic carbocycles. The van der Waals surface area contributed by atoms with Gasteiger partial charge in [0, 0.05) is 42.9 Å². The molecule has 1 aromatic heterocycles. The van der Waals surface area contributed by atoms with E-state index in [0.29, 0.717) is 18.3 Å². The molecule has 3 N–H and O–H groups in total. The number of nitrogens with two attached hydrogens (primary N) is 1. The Labute approximate surface area is 189 Å². The fourth-order valence-electron chi connectivity index (χ4n) is 3.82. The fourth-order valence-corrected chi connectivity index (χ4v) is 4.09. The summed E-state index contributed by atoms with van der Waals surface area (Å²) < 4.78 is 11.9. The number of nitrogens with one attached hydrogen (secondary N) is 1. The third-order valence-corrected chi connectivity index (χ3v) is 6.01. The predicted octanol–water partition coefficient (Wildman–Crippen LogP) is 3.62. The van der Waals surface area contributed by atoms with Crippen LogP contribution < -0.4 is 25.4 Å². The molecule has 2 aliphatic rings. The maximum absolute atomic E-state index is 6.42. The van der Waals surface area contributed by atoms with Gasteiger partial charge in [0.1, 0.15) is 12.0 Å². The van der Waals surface area contributed by atoms with E-state index in [1.54, 1.807) is 6.33 Å². The normalized spacial score (nSPS) is 15.8. The zero-order valence-corrected chi connectivity index (χ0v) is 18.5. The zero-order valence-electron chi connectivity index (χ0n) is 16.9. The molecule has 2 aliphatic heterocycles. The summed E-state index contributed by atoms with van der Waals surface area (Å²) in [6.45, 7) is 4.73. The van der Waals surface area contributed by atoms with Crippen molar-refractivity contribution >= 4 is 38.9 Å². The quantitative estimate of drug-likeness (QED) is 0.569. The van der Waals surface area contributed by atoms with E-state index in [4.69, 9.17) is 15.2 Å². The zero-order chi connectivity index (χ0) is 21.2. The van der Waals surface area contributed by atoms with Crippen LogP contribution in [0.1, 0.15) is 5.56 Å². The van der Waals surface area contributed by atoms with Gasteiger partial charge in [-0.3, -0.25) is 4.90 Å². The number of hydrogen-bond acceptors (Lipinski definition) is 8. The van der Waals surface area contributed by atoms with E-state index < -0.39 is 0 Å².